The number of hydrogen-bond donors (Lipinski definition) is 1. The number of aromatic nitrogens is 1. The third-order valence-corrected chi connectivity index (χ3v) is 4.30. The molecule has 0 saturated carbocycles. The van der Waals surface area contributed by atoms with Gasteiger partial charge in [-0.15, -0.1) is 11.6 Å². The van der Waals surface area contributed by atoms with Crippen molar-refractivity contribution in [1.82, 2.24) is 4.98 Å². The standard InChI is InChI=1S/C22H22ClNO3/c1-2-3-9-26-20-12-17(11-18(25)13-20)21-10-16(14-23)15-24-22(21)27-19-7-5-4-6-8-19/h4-8,10-13,15,25H,2-3,9,14H2,1H3. The van der Waals surface area contributed by atoms with Crippen molar-refractivity contribution in [2.75, 3.05) is 6.61 Å². The summed E-state index contributed by atoms with van der Waals surface area (Å²) in [7, 11) is 0. The fraction of sp³-hybridized carbons (Fsp3) is 0.227. The van der Waals surface area contributed by atoms with Crippen LogP contribution in [0.4, 0.5) is 0 Å². The highest BCUT2D eigenvalue weighted by atomic mass is 35.5. The lowest BCUT2D eigenvalue weighted by atomic mass is 10.0. The molecule has 0 saturated heterocycles. The van der Waals surface area contributed by atoms with Gasteiger partial charge in [-0.3, -0.25) is 0 Å². The van der Waals surface area contributed by atoms with Crippen LogP contribution in [-0.4, -0.2) is 16.7 Å². The van der Waals surface area contributed by atoms with E-state index in [1.807, 2.05) is 42.5 Å². The highest BCUT2D eigenvalue weighted by molar-refractivity contribution is 6.17. The molecule has 0 spiro atoms. The number of para-hydroxylation sites is 1. The number of ether oxygens (including phenoxy) is 2. The Morgan fingerprint density at radius 2 is 1.85 bits per heavy atom. The number of halogens is 1. The Bertz CT molecular complexity index is 884. The van der Waals surface area contributed by atoms with Gasteiger partial charge in [0, 0.05) is 23.7 Å². The van der Waals surface area contributed by atoms with Crippen LogP contribution in [0, 0.1) is 0 Å². The number of benzene rings is 2. The van der Waals surface area contributed by atoms with Gasteiger partial charge in [0.25, 0.3) is 0 Å². The van der Waals surface area contributed by atoms with Crippen molar-refractivity contribution < 1.29 is 14.6 Å². The normalized spacial score (nSPS) is 10.6. The summed E-state index contributed by atoms with van der Waals surface area (Å²) in [6.07, 6.45) is 3.69. The van der Waals surface area contributed by atoms with Crippen LogP contribution in [-0.2, 0) is 5.88 Å². The van der Waals surface area contributed by atoms with Crippen molar-refractivity contribution in [3.8, 4) is 34.3 Å². The largest absolute Gasteiger partial charge is 0.508 e. The monoisotopic (exact) mass is 383 g/mol. The predicted molar refractivity (Wildman–Crippen MR) is 108 cm³/mol. The van der Waals surface area contributed by atoms with Crippen molar-refractivity contribution in [2.24, 2.45) is 0 Å². The average Bonchev–Trinajstić information content (AvgIpc) is 2.69. The summed E-state index contributed by atoms with van der Waals surface area (Å²) in [4.78, 5) is 4.43. The minimum Gasteiger partial charge on any atom is -0.508 e. The van der Waals surface area contributed by atoms with Crippen molar-refractivity contribution in [3.63, 3.8) is 0 Å². The molecule has 0 atom stereocenters. The molecule has 0 unspecified atom stereocenters. The second-order valence-electron chi connectivity index (χ2n) is 6.16. The van der Waals surface area contributed by atoms with Crippen LogP contribution in [0.5, 0.6) is 23.1 Å². The maximum absolute atomic E-state index is 10.2. The third-order valence-electron chi connectivity index (χ3n) is 3.99. The van der Waals surface area contributed by atoms with Crippen LogP contribution < -0.4 is 9.47 Å². The summed E-state index contributed by atoms with van der Waals surface area (Å²) >= 11 is 5.99. The van der Waals surface area contributed by atoms with Crippen LogP contribution in [0.2, 0.25) is 0 Å². The van der Waals surface area contributed by atoms with Gasteiger partial charge in [0.2, 0.25) is 5.88 Å². The van der Waals surface area contributed by atoms with Crippen LogP contribution in [0.25, 0.3) is 11.1 Å². The molecular formula is C22H22ClNO3. The Morgan fingerprint density at radius 3 is 2.59 bits per heavy atom. The fourth-order valence-electron chi connectivity index (χ4n) is 2.61. The fourth-order valence-corrected chi connectivity index (χ4v) is 2.76. The summed E-state index contributed by atoms with van der Waals surface area (Å²) in [6, 6.07) is 16.5. The number of unbranched alkanes of at least 4 members (excludes halogenated alkanes) is 1. The van der Waals surface area contributed by atoms with Gasteiger partial charge in [-0.2, -0.15) is 0 Å². The number of phenols is 1. The maximum atomic E-state index is 10.2. The van der Waals surface area contributed by atoms with E-state index >= 15 is 0 Å². The third kappa shape index (κ3) is 5.14. The lowest BCUT2D eigenvalue weighted by molar-refractivity contribution is 0.308. The van der Waals surface area contributed by atoms with E-state index in [1.54, 1.807) is 18.3 Å². The van der Waals surface area contributed by atoms with E-state index in [1.165, 1.54) is 0 Å². The first-order valence-electron chi connectivity index (χ1n) is 8.94. The van der Waals surface area contributed by atoms with E-state index in [2.05, 4.69) is 11.9 Å². The smallest absolute Gasteiger partial charge is 0.227 e. The molecule has 4 nitrogen and oxygen atoms in total. The van der Waals surface area contributed by atoms with Crippen LogP contribution in [0.1, 0.15) is 25.3 Å². The molecule has 0 bridgehead atoms. The first-order chi connectivity index (χ1) is 13.2. The van der Waals surface area contributed by atoms with Gasteiger partial charge in [-0.1, -0.05) is 31.5 Å². The number of rotatable bonds is 8. The van der Waals surface area contributed by atoms with Crippen LogP contribution in [0.3, 0.4) is 0 Å². The van der Waals surface area contributed by atoms with Crippen molar-refractivity contribution >= 4 is 11.6 Å². The van der Waals surface area contributed by atoms with E-state index in [0.717, 1.165) is 29.5 Å². The van der Waals surface area contributed by atoms with Crippen LogP contribution >= 0.6 is 11.6 Å². The zero-order valence-corrected chi connectivity index (χ0v) is 15.9. The molecular weight excluding hydrogens is 362 g/mol. The number of phenolic OH excluding ortho intramolecular Hbond substituents is 1. The van der Waals surface area contributed by atoms with Gasteiger partial charge in [-0.25, -0.2) is 4.98 Å². The second-order valence-corrected chi connectivity index (χ2v) is 6.43. The minimum atomic E-state index is 0.126. The molecule has 0 aliphatic carbocycles. The average molecular weight is 384 g/mol. The van der Waals surface area contributed by atoms with Crippen molar-refractivity contribution in [2.45, 2.75) is 25.6 Å². The maximum Gasteiger partial charge on any atom is 0.227 e. The van der Waals surface area contributed by atoms with Gasteiger partial charge in [0.15, 0.2) is 0 Å². The number of alkyl halides is 1. The molecule has 5 heteroatoms. The topological polar surface area (TPSA) is 51.6 Å². The highest BCUT2D eigenvalue weighted by Gasteiger charge is 2.13. The van der Waals surface area contributed by atoms with E-state index in [4.69, 9.17) is 21.1 Å². The summed E-state index contributed by atoms with van der Waals surface area (Å²) in [5, 5.41) is 10.2. The Balaban J connectivity index is 1.98. The molecule has 1 heterocycles. The Kier molecular flexibility index (Phi) is 6.55. The van der Waals surface area contributed by atoms with E-state index in [0.29, 0.717) is 29.9 Å². The van der Waals surface area contributed by atoms with Gasteiger partial charge in [0.05, 0.1) is 6.61 Å². The molecule has 0 aliphatic heterocycles. The summed E-state index contributed by atoms with van der Waals surface area (Å²) < 4.78 is 11.7. The summed E-state index contributed by atoms with van der Waals surface area (Å²) in [5.41, 5.74) is 2.36. The first-order valence-corrected chi connectivity index (χ1v) is 9.48. The van der Waals surface area contributed by atoms with Crippen molar-refractivity contribution in [3.05, 3.63) is 66.4 Å². The molecule has 0 amide bonds. The quantitative estimate of drug-likeness (QED) is 0.373. The SMILES string of the molecule is CCCCOc1cc(O)cc(-c2cc(CCl)cnc2Oc2ccccc2)c1. The van der Waals surface area contributed by atoms with Crippen LogP contribution in [0.15, 0.2) is 60.8 Å². The number of nitrogens with zero attached hydrogens (tertiary/aromatic N) is 1. The zero-order valence-electron chi connectivity index (χ0n) is 15.2. The molecule has 0 radical (unpaired) electrons. The summed E-state index contributed by atoms with van der Waals surface area (Å²) in [5.74, 6) is 2.20. The Hall–Kier alpha value is -2.72. The lowest BCUT2D eigenvalue weighted by Crippen LogP contribution is -1.97. The Labute approximate surface area is 164 Å². The van der Waals surface area contributed by atoms with Gasteiger partial charge in [-0.05, 0) is 47.9 Å². The molecule has 0 aliphatic rings. The van der Waals surface area contributed by atoms with E-state index in [9.17, 15) is 5.11 Å². The second kappa shape index (κ2) is 9.28. The lowest BCUT2D eigenvalue weighted by Gasteiger charge is -2.13. The molecule has 140 valence electrons. The van der Waals surface area contributed by atoms with Gasteiger partial charge < -0.3 is 14.6 Å². The molecule has 1 N–H and O–H groups in total. The van der Waals surface area contributed by atoms with Gasteiger partial charge >= 0.3 is 0 Å². The predicted octanol–water partition coefficient (Wildman–Crippen LogP) is 6.16. The molecule has 27 heavy (non-hydrogen) atoms. The molecule has 3 rings (SSSR count). The van der Waals surface area contributed by atoms with Crippen molar-refractivity contribution in [1.29, 1.82) is 0 Å². The summed E-state index contributed by atoms with van der Waals surface area (Å²) in [6.45, 7) is 2.71. The first kappa shape index (κ1) is 19.1. The number of pyridine rings is 1. The minimum absolute atomic E-state index is 0.126. The number of hydrogen-bond acceptors (Lipinski definition) is 4. The van der Waals surface area contributed by atoms with Gasteiger partial charge in [0.1, 0.15) is 17.2 Å². The Morgan fingerprint density at radius 1 is 1.04 bits per heavy atom. The van der Waals surface area contributed by atoms with E-state index < -0.39 is 0 Å². The number of aromatic hydroxyl groups is 1. The molecule has 2 aromatic carbocycles. The zero-order chi connectivity index (χ0) is 19.1. The molecule has 1 aromatic heterocycles. The van der Waals surface area contributed by atoms with E-state index in [-0.39, 0.29) is 5.75 Å². The molecule has 0 fully saturated rings. The molecule has 3 aromatic rings. The highest BCUT2D eigenvalue weighted by Crippen LogP contribution is 2.36.